The molecule has 0 spiro atoms. The van der Waals surface area contributed by atoms with Crippen LogP contribution in [0.25, 0.3) is 10.6 Å². The molecule has 22 heavy (non-hydrogen) atoms. The predicted molar refractivity (Wildman–Crippen MR) is 91.5 cm³/mol. The zero-order chi connectivity index (χ0) is 15.7. The zero-order valence-corrected chi connectivity index (χ0v) is 14.3. The van der Waals surface area contributed by atoms with Crippen molar-refractivity contribution in [3.05, 3.63) is 40.3 Å². The van der Waals surface area contributed by atoms with E-state index in [2.05, 4.69) is 15.3 Å². The molecule has 8 heteroatoms. The first-order chi connectivity index (χ1) is 10.5. The molecule has 0 saturated heterocycles. The highest BCUT2D eigenvalue weighted by atomic mass is 32.2. The van der Waals surface area contributed by atoms with E-state index in [1.165, 1.54) is 11.3 Å². The highest BCUT2D eigenvalue weighted by Gasteiger charge is 2.11. The van der Waals surface area contributed by atoms with E-state index in [0.717, 1.165) is 32.1 Å². The lowest BCUT2D eigenvalue weighted by Gasteiger charge is -2.02. The Bertz CT molecular complexity index is 824. The fraction of sp³-hybridized carbons (Fsp3) is 0.143. The van der Waals surface area contributed by atoms with Gasteiger partial charge < -0.3 is 9.87 Å². The minimum Gasteiger partial charge on any atom is -0.332 e. The number of hydrogen-bond acceptors (Lipinski definition) is 6. The molecule has 2 heterocycles. The minimum atomic E-state index is -1.95. The van der Waals surface area contributed by atoms with E-state index in [9.17, 15) is 4.21 Å². The average Bonchev–Trinajstić information content (AvgIpc) is 3.06. The molecule has 0 aliphatic heterocycles. The van der Waals surface area contributed by atoms with Crippen LogP contribution in [0.1, 0.15) is 10.7 Å². The molecule has 0 radical (unpaired) electrons. The quantitative estimate of drug-likeness (QED) is 0.689. The fourth-order valence-corrected chi connectivity index (χ4v) is 4.03. The van der Waals surface area contributed by atoms with Crippen molar-refractivity contribution in [2.24, 2.45) is 0 Å². The lowest BCUT2D eigenvalue weighted by Crippen LogP contribution is -1.92. The normalized spacial score (nSPS) is 12.3. The molecular weight excluding hydrogens is 338 g/mol. The summed E-state index contributed by atoms with van der Waals surface area (Å²) in [4.78, 5) is 10.5. The smallest absolute Gasteiger partial charge is 0.187 e. The third-order valence-corrected chi connectivity index (χ3v) is 5.48. The van der Waals surface area contributed by atoms with Crippen molar-refractivity contribution < 1.29 is 8.76 Å². The van der Waals surface area contributed by atoms with Crippen LogP contribution in [0.5, 0.6) is 0 Å². The van der Waals surface area contributed by atoms with Gasteiger partial charge in [-0.05, 0) is 38.1 Å². The third-order valence-electron chi connectivity index (χ3n) is 2.95. The second kappa shape index (κ2) is 6.25. The first-order valence-corrected chi connectivity index (χ1v) is 9.21. The van der Waals surface area contributed by atoms with Gasteiger partial charge >= 0.3 is 0 Å². The van der Waals surface area contributed by atoms with Gasteiger partial charge in [0.25, 0.3) is 0 Å². The highest BCUT2D eigenvalue weighted by Crippen LogP contribution is 2.33. The summed E-state index contributed by atoms with van der Waals surface area (Å²) in [6.07, 6.45) is 0. The molecule has 3 rings (SSSR count). The number of hydrogen-bond donors (Lipinski definition) is 2. The number of rotatable bonds is 4. The summed E-state index contributed by atoms with van der Waals surface area (Å²) in [7, 11) is 0. The molecule has 0 fully saturated rings. The second-order valence-electron chi connectivity index (χ2n) is 4.58. The van der Waals surface area contributed by atoms with Gasteiger partial charge in [0.15, 0.2) is 16.2 Å². The number of nitrogens with zero attached hydrogens (tertiary/aromatic N) is 2. The molecule has 0 saturated carbocycles. The largest absolute Gasteiger partial charge is 0.332 e. The molecule has 0 aliphatic carbocycles. The van der Waals surface area contributed by atoms with Crippen molar-refractivity contribution >= 4 is 44.6 Å². The molecule has 0 bridgehead atoms. The van der Waals surface area contributed by atoms with Gasteiger partial charge in [0.05, 0.1) is 26.2 Å². The number of anilines is 2. The lowest BCUT2D eigenvalue weighted by molar-refractivity contribution is 0.564. The van der Waals surface area contributed by atoms with Crippen LogP contribution in [-0.4, -0.2) is 18.7 Å². The van der Waals surface area contributed by atoms with E-state index >= 15 is 0 Å². The lowest BCUT2D eigenvalue weighted by atomic mass is 10.3. The van der Waals surface area contributed by atoms with Crippen LogP contribution in [0.2, 0.25) is 0 Å². The number of benzene rings is 1. The van der Waals surface area contributed by atoms with Gasteiger partial charge in [-0.3, -0.25) is 0 Å². The Morgan fingerprint density at radius 3 is 2.50 bits per heavy atom. The molecule has 0 amide bonds. The Kier molecular flexibility index (Phi) is 4.34. The molecule has 2 aromatic heterocycles. The van der Waals surface area contributed by atoms with Gasteiger partial charge in [0.2, 0.25) is 0 Å². The molecule has 1 unspecified atom stereocenters. The first kappa shape index (κ1) is 15.3. The monoisotopic (exact) mass is 351 g/mol. The van der Waals surface area contributed by atoms with Gasteiger partial charge in [-0.25, -0.2) is 14.2 Å². The second-order valence-corrected chi connectivity index (χ2v) is 7.61. The van der Waals surface area contributed by atoms with Gasteiger partial charge in [-0.15, -0.1) is 22.7 Å². The molecule has 3 aromatic rings. The van der Waals surface area contributed by atoms with Crippen molar-refractivity contribution in [2.75, 3.05) is 5.32 Å². The van der Waals surface area contributed by atoms with E-state index in [1.54, 1.807) is 35.6 Å². The summed E-state index contributed by atoms with van der Waals surface area (Å²) in [5, 5.41) is 7.00. The van der Waals surface area contributed by atoms with Crippen molar-refractivity contribution in [1.82, 2.24) is 9.97 Å². The summed E-state index contributed by atoms with van der Waals surface area (Å²) in [6.45, 7) is 3.97. The number of nitrogens with one attached hydrogen (secondary N) is 1. The zero-order valence-electron chi connectivity index (χ0n) is 11.9. The molecule has 5 nitrogen and oxygen atoms in total. The standard InChI is InChI=1S/C14H13N3O2S3/c1-8-13(21-9(2)15-8)12-7-20-14(17-12)16-10-3-5-11(6-4-10)22(18)19/h3-7H,1-2H3,(H,16,17)(H,18,19). The van der Waals surface area contributed by atoms with E-state index in [4.69, 9.17) is 4.55 Å². The maximum atomic E-state index is 10.9. The molecule has 1 atom stereocenters. The Labute approximate surface area is 138 Å². The van der Waals surface area contributed by atoms with Crippen molar-refractivity contribution in [3.63, 3.8) is 0 Å². The topological polar surface area (TPSA) is 75.1 Å². The number of aryl methyl sites for hydroxylation is 2. The van der Waals surface area contributed by atoms with Crippen molar-refractivity contribution in [2.45, 2.75) is 18.7 Å². The molecule has 114 valence electrons. The van der Waals surface area contributed by atoms with Crippen LogP contribution in [0, 0.1) is 13.8 Å². The maximum absolute atomic E-state index is 10.9. The summed E-state index contributed by atoms with van der Waals surface area (Å²) in [6, 6.07) is 6.74. The van der Waals surface area contributed by atoms with Gasteiger partial charge in [0.1, 0.15) is 0 Å². The average molecular weight is 351 g/mol. The van der Waals surface area contributed by atoms with Gasteiger partial charge in [-0.2, -0.15) is 0 Å². The highest BCUT2D eigenvalue weighted by molar-refractivity contribution is 7.79. The van der Waals surface area contributed by atoms with Gasteiger partial charge in [-0.1, -0.05) is 0 Å². The van der Waals surface area contributed by atoms with Crippen LogP contribution in [0.4, 0.5) is 10.8 Å². The van der Waals surface area contributed by atoms with E-state index < -0.39 is 11.1 Å². The molecule has 1 aromatic carbocycles. The van der Waals surface area contributed by atoms with Crippen LogP contribution in [0.15, 0.2) is 34.5 Å². The fourth-order valence-electron chi connectivity index (χ4n) is 1.98. The SMILES string of the molecule is Cc1nc(C)c(-c2csc(Nc3ccc(S(=O)O)cc3)n2)s1. The molecule has 0 aliphatic rings. The molecular formula is C14H13N3O2S3. The Morgan fingerprint density at radius 1 is 1.18 bits per heavy atom. The summed E-state index contributed by atoms with van der Waals surface area (Å²) in [5.41, 5.74) is 2.74. The van der Waals surface area contributed by atoms with Crippen LogP contribution in [-0.2, 0) is 11.1 Å². The number of thiazole rings is 2. The van der Waals surface area contributed by atoms with Crippen molar-refractivity contribution in [3.8, 4) is 10.6 Å². The van der Waals surface area contributed by atoms with Gasteiger partial charge in [0, 0.05) is 11.1 Å². The Morgan fingerprint density at radius 2 is 1.91 bits per heavy atom. The number of aromatic nitrogens is 2. The minimum absolute atomic E-state index is 0.376. The summed E-state index contributed by atoms with van der Waals surface area (Å²) >= 11 is 1.20. The third kappa shape index (κ3) is 3.25. The predicted octanol–water partition coefficient (Wildman–Crippen LogP) is 4.21. The van der Waals surface area contributed by atoms with E-state index in [1.807, 2.05) is 19.2 Å². The van der Waals surface area contributed by atoms with E-state index in [-0.39, 0.29) is 0 Å². The maximum Gasteiger partial charge on any atom is 0.187 e. The van der Waals surface area contributed by atoms with Crippen LogP contribution >= 0.6 is 22.7 Å². The Balaban J connectivity index is 1.79. The van der Waals surface area contributed by atoms with Crippen molar-refractivity contribution in [1.29, 1.82) is 0 Å². The molecule has 2 N–H and O–H groups in total. The first-order valence-electron chi connectivity index (χ1n) is 6.41. The van der Waals surface area contributed by atoms with Crippen LogP contribution in [0.3, 0.4) is 0 Å². The summed E-state index contributed by atoms with van der Waals surface area (Å²) < 4.78 is 19.9. The van der Waals surface area contributed by atoms with E-state index in [0.29, 0.717) is 4.90 Å². The summed E-state index contributed by atoms with van der Waals surface area (Å²) in [5.74, 6) is 0. The Hall–Kier alpha value is -1.61. The van der Waals surface area contributed by atoms with Crippen LogP contribution < -0.4 is 5.32 Å².